The highest BCUT2D eigenvalue weighted by atomic mass is 32.1. The van der Waals surface area contributed by atoms with Gasteiger partial charge < -0.3 is 25.2 Å². The monoisotopic (exact) mass is 444 g/mol. The van der Waals surface area contributed by atoms with Crippen LogP contribution in [0, 0.1) is 12.7 Å². The number of aliphatic hydroxyl groups excluding tert-OH is 4. The molecule has 1 aliphatic heterocycles. The summed E-state index contributed by atoms with van der Waals surface area (Å²) in [6, 6.07) is 16.2. The number of halogens is 1. The molecule has 0 radical (unpaired) electrons. The van der Waals surface area contributed by atoms with Gasteiger partial charge in [0.2, 0.25) is 0 Å². The van der Waals surface area contributed by atoms with E-state index in [-0.39, 0.29) is 5.82 Å². The number of hydrogen-bond acceptors (Lipinski definition) is 6. The van der Waals surface area contributed by atoms with Gasteiger partial charge in [-0.3, -0.25) is 0 Å². The molecule has 0 bridgehead atoms. The standard InChI is InChI=1S/C24H25FO5S/c1-13-2-3-15(24-23(29)22(28)21(27)19(12-26)30-24)10-16(13)11-18-8-9-20(31-18)14-4-6-17(25)7-5-14/h2-10,19,21-24,26-29H,11-12H2,1H3. The summed E-state index contributed by atoms with van der Waals surface area (Å²) in [5, 5.41) is 40.0. The van der Waals surface area contributed by atoms with E-state index in [1.807, 2.05) is 37.3 Å². The first-order valence-electron chi connectivity index (χ1n) is 10.1. The maximum atomic E-state index is 13.2. The third kappa shape index (κ3) is 4.57. The second kappa shape index (κ2) is 9.16. The highest BCUT2D eigenvalue weighted by molar-refractivity contribution is 7.15. The van der Waals surface area contributed by atoms with Gasteiger partial charge in [-0.15, -0.1) is 11.3 Å². The molecule has 1 aliphatic rings. The summed E-state index contributed by atoms with van der Waals surface area (Å²) in [4.78, 5) is 2.19. The van der Waals surface area contributed by atoms with E-state index in [0.29, 0.717) is 12.0 Å². The van der Waals surface area contributed by atoms with Gasteiger partial charge in [-0.05, 0) is 53.4 Å². The molecule has 5 unspecified atom stereocenters. The number of benzene rings is 2. The highest BCUT2D eigenvalue weighted by Crippen LogP contribution is 2.35. The largest absolute Gasteiger partial charge is 0.394 e. The number of aliphatic hydroxyl groups is 4. The minimum Gasteiger partial charge on any atom is -0.394 e. The second-order valence-electron chi connectivity index (χ2n) is 7.89. The van der Waals surface area contributed by atoms with E-state index < -0.39 is 37.1 Å². The minimum atomic E-state index is -1.41. The van der Waals surface area contributed by atoms with Crippen molar-refractivity contribution in [2.45, 2.75) is 43.9 Å². The van der Waals surface area contributed by atoms with Crippen molar-refractivity contribution in [2.75, 3.05) is 6.61 Å². The Morgan fingerprint density at radius 2 is 1.68 bits per heavy atom. The molecule has 5 nitrogen and oxygen atoms in total. The first-order chi connectivity index (χ1) is 14.9. The number of thiophene rings is 1. The van der Waals surface area contributed by atoms with Crippen molar-refractivity contribution in [1.29, 1.82) is 0 Å². The van der Waals surface area contributed by atoms with Gasteiger partial charge in [-0.1, -0.05) is 30.3 Å². The first kappa shape index (κ1) is 22.1. The zero-order valence-corrected chi connectivity index (χ0v) is 17.8. The Morgan fingerprint density at radius 3 is 2.39 bits per heavy atom. The molecule has 1 aromatic heterocycles. The van der Waals surface area contributed by atoms with Crippen molar-refractivity contribution in [3.8, 4) is 10.4 Å². The van der Waals surface area contributed by atoms with Crippen LogP contribution in [0.3, 0.4) is 0 Å². The van der Waals surface area contributed by atoms with E-state index in [2.05, 4.69) is 0 Å². The maximum Gasteiger partial charge on any atom is 0.123 e. The average Bonchev–Trinajstić information content (AvgIpc) is 3.23. The van der Waals surface area contributed by atoms with Gasteiger partial charge in [0.05, 0.1) is 6.61 Å². The molecule has 1 fully saturated rings. The van der Waals surface area contributed by atoms with Crippen LogP contribution in [0.15, 0.2) is 54.6 Å². The van der Waals surface area contributed by atoms with Gasteiger partial charge in [-0.25, -0.2) is 4.39 Å². The summed E-state index contributed by atoms with van der Waals surface area (Å²) in [5.74, 6) is -0.263. The van der Waals surface area contributed by atoms with Crippen LogP contribution in [0.1, 0.15) is 27.7 Å². The van der Waals surface area contributed by atoms with E-state index in [4.69, 9.17) is 4.74 Å². The van der Waals surface area contributed by atoms with Crippen molar-refractivity contribution in [3.63, 3.8) is 0 Å². The van der Waals surface area contributed by atoms with Crippen LogP contribution < -0.4 is 0 Å². The molecule has 31 heavy (non-hydrogen) atoms. The van der Waals surface area contributed by atoms with Crippen LogP contribution in [-0.2, 0) is 11.2 Å². The molecule has 0 saturated carbocycles. The molecule has 4 N–H and O–H groups in total. The Balaban J connectivity index is 1.57. The lowest BCUT2D eigenvalue weighted by Gasteiger charge is -2.40. The van der Waals surface area contributed by atoms with Gasteiger partial charge in [0.25, 0.3) is 0 Å². The van der Waals surface area contributed by atoms with Crippen LogP contribution in [0.25, 0.3) is 10.4 Å². The smallest absolute Gasteiger partial charge is 0.123 e. The van der Waals surface area contributed by atoms with Crippen LogP contribution in [-0.4, -0.2) is 51.4 Å². The molecule has 1 saturated heterocycles. The number of rotatable bonds is 5. The van der Waals surface area contributed by atoms with Crippen LogP contribution in [0.5, 0.6) is 0 Å². The van der Waals surface area contributed by atoms with E-state index >= 15 is 0 Å². The third-order valence-corrected chi connectivity index (χ3v) is 6.88. The van der Waals surface area contributed by atoms with Crippen molar-refractivity contribution >= 4 is 11.3 Å². The van der Waals surface area contributed by atoms with Gasteiger partial charge in [0, 0.05) is 16.2 Å². The van der Waals surface area contributed by atoms with E-state index in [0.717, 1.165) is 26.4 Å². The predicted octanol–water partition coefficient (Wildman–Crippen LogP) is 2.97. The van der Waals surface area contributed by atoms with E-state index in [1.165, 1.54) is 12.1 Å². The fraction of sp³-hybridized carbons (Fsp3) is 0.333. The molecule has 164 valence electrons. The van der Waals surface area contributed by atoms with E-state index in [9.17, 15) is 24.8 Å². The fourth-order valence-electron chi connectivity index (χ4n) is 3.87. The Bertz CT molecular complexity index is 1030. The minimum absolute atomic E-state index is 0.263. The molecule has 0 aliphatic carbocycles. The lowest BCUT2D eigenvalue weighted by atomic mass is 9.89. The van der Waals surface area contributed by atoms with Crippen molar-refractivity contribution in [1.82, 2.24) is 0 Å². The molecule has 2 aromatic carbocycles. The Hall–Kier alpha value is -2.13. The van der Waals surface area contributed by atoms with Gasteiger partial charge in [0.15, 0.2) is 0 Å². The zero-order chi connectivity index (χ0) is 22.1. The summed E-state index contributed by atoms with van der Waals surface area (Å²) in [5.41, 5.74) is 3.75. The number of hydrogen-bond donors (Lipinski definition) is 4. The predicted molar refractivity (Wildman–Crippen MR) is 116 cm³/mol. The van der Waals surface area contributed by atoms with Gasteiger partial charge in [-0.2, -0.15) is 0 Å². The fourth-order valence-corrected chi connectivity index (χ4v) is 4.90. The van der Waals surface area contributed by atoms with E-state index in [1.54, 1.807) is 23.5 Å². The van der Waals surface area contributed by atoms with Crippen molar-refractivity contribution in [3.05, 3.63) is 82.0 Å². The summed E-state index contributed by atoms with van der Waals surface area (Å²) in [7, 11) is 0. The Labute approximate surface area is 184 Å². The number of aryl methyl sites for hydroxylation is 1. The highest BCUT2D eigenvalue weighted by Gasteiger charge is 2.43. The zero-order valence-electron chi connectivity index (χ0n) is 17.0. The lowest BCUT2D eigenvalue weighted by molar-refractivity contribution is -0.231. The van der Waals surface area contributed by atoms with Crippen LogP contribution in [0.2, 0.25) is 0 Å². The molecule has 0 spiro atoms. The van der Waals surface area contributed by atoms with Crippen molar-refractivity contribution in [2.24, 2.45) is 0 Å². The summed E-state index contributed by atoms with van der Waals surface area (Å²) in [6.45, 7) is 1.54. The average molecular weight is 445 g/mol. The summed E-state index contributed by atoms with van der Waals surface area (Å²) < 4.78 is 18.9. The molecule has 3 aromatic rings. The van der Waals surface area contributed by atoms with Crippen LogP contribution in [0.4, 0.5) is 4.39 Å². The second-order valence-corrected chi connectivity index (χ2v) is 9.05. The van der Waals surface area contributed by atoms with Crippen LogP contribution >= 0.6 is 11.3 Å². The Kier molecular flexibility index (Phi) is 6.52. The SMILES string of the molecule is Cc1ccc(C2OC(CO)C(O)C(O)C2O)cc1Cc1ccc(-c2ccc(F)cc2)s1. The topological polar surface area (TPSA) is 90.2 Å². The molecular formula is C24H25FO5S. The molecule has 2 heterocycles. The number of ether oxygens (including phenoxy) is 1. The summed E-state index contributed by atoms with van der Waals surface area (Å²) in [6.07, 6.45) is -5.21. The molecule has 0 amide bonds. The maximum absolute atomic E-state index is 13.2. The summed E-state index contributed by atoms with van der Waals surface area (Å²) >= 11 is 1.63. The Morgan fingerprint density at radius 1 is 0.935 bits per heavy atom. The first-order valence-corrected chi connectivity index (χ1v) is 10.9. The molecule has 4 rings (SSSR count). The van der Waals surface area contributed by atoms with Gasteiger partial charge >= 0.3 is 0 Å². The normalized spacial score (nSPS) is 26.2. The molecule has 7 heteroatoms. The quantitative estimate of drug-likeness (QED) is 0.486. The molecular weight excluding hydrogens is 419 g/mol. The van der Waals surface area contributed by atoms with Crippen molar-refractivity contribution < 1.29 is 29.6 Å². The van der Waals surface area contributed by atoms with Gasteiger partial charge in [0.1, 0.15) is 36.3 Å². The lowest BCUT2D eigenvalue weighted by Crippen LogP contribution is -2.55. The molecule has 5 atom stereocenters. The third-order valence-electron chi connectivity index (χ3n) is 5.75.